The summed E-state index contributed by atoms with van der Waals surface area (Å²) in [4.78, 5) is 3.96. The molecule has 0 spiro atoms. The molecule has 0 bridgehead atoms. The summed E-state index contributed by atoms with van der Waals surface area (Å²) in [6.45, 7) is 2.94. The lowest BCUT2D eigenvalue weighted by Crippen LogP contribution is -2.04. The lowest BCUT2D eigenvalue weighted by Gasteiger charge is -2.08. The second kappa shape index (κ2) is 4.09. The average molecular weight is 150 g/mol. The topological polar surface area (TPSA) is 38.9 Å². The zero-order valence-electron chi connectivity index (χ0n) is 6.83. The zero-order chi connectivity index (χ0) is 8.10. The molecule has 0 saturated heterocycles. The van der Waals surface area contributed by atoms with Gasteiger partial charge < -0.3 is 5.73 Å². The molecule has 2 N–H and O–H groups in total. The normalized spacial score (nSPS) is 12.9. The van der Waals surface area contributed by atoms with Crippen LogP contribution in [0.4, 0.5) is 0 Å². The maximum absolute atomic E-state index is 5.45. The van der Waals surface area contributed by atoms with E-state index in [-0.39, 0.29) is 0 Å². The van der Waals surface area contributed by atoms with E-state index in [1.165, 1.54) is 5.56 Å². The van der Waals surface area contributed by atoms with Crippen LogP contribution in [0.2, 0.25) is 0 Å². The van der Waals surface area contributed by atoms with Gasteiger partial charge >= 0.3 is 0 Å². The van der Waals surface area contributed by atoms with Gasteiger partial charge in [0.2, 0.25) is 0 Å². The summed E-state index contributed by atoms with van der Waals surface area (Å²) < 4.78 is 0. The van der Waals surface area contributed by atoms with E-state index < -0.39 is 0 Å². The molecule has 60 valence electrons. The molecule has 0 aliphatic heterocycles. The Bertz CT molecular complexity index is 196. The predicted molar refractivity (Wildman–Crippen MR) is 46.3 cm³/mol. The van der Waals surface area contributed by atoms with Crippen molar-refractivity contribution >= 4 is 0 Å². The molecule has 1 aromatic heterocycles. The van der Waals surface area contributed by atoms with Crippen molar-refractivity contribution < 1.29 is 0 Å². The van der Waals surface area contributed by atoms with Gasteiger partial charge in [-0.05, 0) is 36.6 Å². The van der Waals surface area contributed by atoms with E-state index in [9.17, 15) is 0 Å². The number of nitrogens with zero attached hydrogens (tertiary/aromatic N) is 1. The van der Waals surface area contributed by atoms with Gasteiger partial charge in [0.1, 0.15) is 0 Å². The molecule has 1 aromatic rings. The number of aromatic nitrogens is 1. The van der Waals surface area contributed by atoms with Gasteiger partial charge in [0.05, 0.1) is 0 Å². The summed E-state index contributed by atoms with van der Waals surface area (Å²) in [5.74, 6) is 0.558. The Balaban J connectivity index is 2.61. The highest BCUT2D eigenvalue weighted by atomic mass is 14.6. The Morgan fingerprint density at radius 3 is 2.64 bits per heavy atom. The number of nitrogens with two attached hydrogens (primary N) is 1. The molecule has 1 rings (SSSR count). The minimum Gasteiger partial charge on any atom is -0.330 e. The molecule has 0 aromatic carbocycles. The van der Waals surface area contributed by atoms with Gasteiger partial charge in [-0.1, -0.05) is 6.92 Å². The lowest BCUT2D eigenvalue weighted by atomic mass is 9.99. The van der Waals surface area contributed by atoms with E-state index >= 15 is 0 Å². The Morgan fingerprint density at radius 1 is 1.45 bits per heavy atom. The molecule has 0 aliphatic carbocycles. The molecular formula is C9H14N2. The highest BCUT2D eigenvalue weighted by molar-refractivity contribution is 5.14. The van der Waals surface area contributed by atoms with Gasteiger partial charge in [-0.25, -0.2) is 0 Å². The Kier molecular flexibility index (Phi) is 3.05. The molecule has 0 aliphatic rings. The van der Waals surface area contributed by atoms with Crippen molar-refractivity contribution in [2.24, 2.45) is 5.73 Å². The monoisotopic (exact) mass is 150 g/mol. The summed E-state index contributed by atoms with van der Waals surface area (Å²) in [5.41, 5.74) is 6.78. The van der Waals surface area contributed by atoms with Gasteiger partial charge in [0.25, 0.3) is 0 Å². The highest BCUT2D eigenvalue weighted by Crippen LogP contribution is 2.16. The third-order valence-corrected chi connectivity index (χ3v) is 1.87. The summed E-state index contributed by atoms with van der Waals surface area (Å²) >= 11 is 0. The largest absolute Gasteiger partial charge is 0.330 e. The van der Waals surface area contributed by atoms with E-state index in [0.29, 0.717) is 5.92 Å². The Labute approximate surface area is 67.5 Å². The van der Waals surface area contributed by atoms with Crippen molar-refractivity contribution in [2.45, 2.75) is 19.3 Å². The van der Waals surface area contributed by atoms with E-state index in [1.807, 2.05) is 24.5 Å². The van der Waals surface area contributed by atoms with Crippen molar-refractivity contribution in [3.63, 3.8) is 0 Å². The number of pyridine rings is 1. The van der Waals surface area contributed by atoms with Crippen LogP contribution in [0.3, 0.4) is 0 Å². The quantitative estimate of drug-likeness (QED) is 0.709. The molecular weight excluding hydrogens is 136 g/mol. The van der Waals surface area contributed by atoms with Crippen LogP contribution >= 0.6 is 0 Å². The molecule has 11 heavy (non-hydrogen) atoms. The van der Waals surface area contributed by atoms with Crippen molar-refractivity contribution in [2.75, 3.05) is 6.54 Å². The first kappa shape index (κ1) is 8.21. The first-order valence-electron chi connectivity index (χ1n) is 3.94. The fraction of sp³-hybridized carbons (Fsp3) is 0.444. The number of hydrogen-bond donors (Lipinski definition) is 1. The first-order chi connectivity index (χ1) is 5.34. The molecule has 0 radical (unpaired) electrons. The summed E-state index contributed by atoms with van der Waals surface area (Å²) in [5, 5.41) is 0. The SMILES string of the molecule is CC(CCN)c1ccncc1. The maximum Gasteiger partial charge on any atom is 0.0270 e. The minimum atomic E-state index is 0.558. The Morgan fingerprint density at radius 2 is 2.09 bits per heavy atom. The van der Waals surface area contributed by atoms with Crippen molar-refractivity contribution in [1.82, 2.24) is 4.98 Å². The van der Waals surface area contributed by atoms with Crippen LogP contribution in [0.15, 0.2) is 24.5 Å². The molecule has 2 heteroatoms. The molecule has 2 nitrogen and oxygen atoms in total. The van der Waals surface area contributed by atoms with Crippen molar-refractivity contribution in [3.05, 3.63) is 30.1 Å². The van der Waals surface area contributed by atoms with Crippen LogP contribution in [0.25, 0.3) is 0 Å². The fourth-order valence-corrected chi connectivity index (χ4v) is 1.11. The molecule has 1 heterocycles. The lowest BCUT2D eigenvalue weighted by molar-refractivity contribution is 0.689. The van der Waals surface area contributed by atoms with E-state index in [0.717, 1.165) is 13.0 Å². The molecule has 0 amide bonds. The van der Waals surface area contributed by atoms with E-state index in [2.05, 4.69) is 11.9 Å². The molecule has 0 fully saturated rings. The van der Waals surface area contributed by atoms with Gasteiger partial charge in [-0.15, -0.1) is 0 Å². The van der Waals surface area contributed by atoms with Crippen LogP contribution in [0.1, 0.15) is 24.8 Å². The second-order valence-electron chi connectivity index (χ2n) is 2.76. The standard InChI is InChI=1S/C9H14N2/c1-8(2-5-10)9-3-6-11-7-4-9/h3-4,6-8H,2,5,10H2,1H3. The van der Waals surface area contributed by atoms with Crippen LogP contribution < -0.4 is 5.73 Å². The number of hydrogen-bond acceptors (Lipinski definition) is 2. The second-order valence-corrected chi connectivity index (χ2v) is 2.76. The number of rotatable bonds is 3. The molecule has 1 unspecified atom stereocenters. The maximum atomic E-state index is 5.45. The van der Waals surface area contributed by atoms with Gasteiger partial charge in [-0.2, -0.15) is 0 Å². The van der Waals surface area contributed by atoms with Crippen molar-refractivity contribution in [1.29, 1.82) is 0 Å². The third kappa shape index (κ3) is 2.31. The minimum absolute atomic E-state index is 0.558. The molecule has 1 atom stereocenters. The first-order valence-corrected chi connectivity index (χ1v) is 3.94. The van der Waals surface area contributed by atoms with Crippen LogP contribution in [-0.2, 0) is 0 Å². The van der Waals surface area contributed by atoms with Crippen LogP contribution in [0, 0.1) is 0 Å². The molecule has 0 saturated carbocycles. The third-order valence-electron chi connectivity index (χ3n) is 1.87. The zero-order valence-corrected chi connectivity index (χ0v) is 6.83. The summed E-state index contributed by atoms with van der Waals surface area (Å²) in [7, 11) is 0. The van der Waals surface area contributed by atoms with Gasteiger partial charge in [-0.3, -0.25) is 4.98 Å². The summed E-state index contributed by atoms with van der Waals surface area (Å²) in [6, 6.07) is 4.08. The average Bonchev–Trinajstić information content (AvgIpc) is 2.07. The predicted octanol–water partition coefficient (Wildman–Crippen LogP) is 1.53. The highest BCUT2D eigenvalue weighted by Gasteiger charge is 2.01. The fourth-order valence-electron chi connectivity index (χ4n) is 1.11. The smallest absolute Gasteiger partial charge is 0.0270 e. The van der Waals surface area contributed by atoms with Crippen molar-refractivity contribution in [3.8, 4) is 0 Å². The van der Waals surface area contributed by atoms with Gasteiger partial charge in [0, 0.05) is 12.4 Å². The van der Waals surface area contributed by atoms with E-state index in [4.69, 9.17) is 5.73 Å². The Hall–Kier alpha value is -0.890. The summed E-state index contributed by atoms with van der Waals surface area (Å²) in [6.07, 6.45) is 4.69. The van der Waals surface area contributed by atoms with Gasteiger partial charge in [0.15, 0.2) is 0 Å². The van der Waals surface area contributed by atoms with Crippen LogP contribution in [-0.4, -0.2) is 11.5 Å². The van der Waals surface area contributed by atoms with E-state index in [1.54, 1.807) is 0 Å². The van der Waals surface area contributed by atoms with Crippen LogP contribution in [0.5, 0.6) is 0 Å².